The number of hydrogen-bond donors (Lipinski definition) is 0. The summed E-state index contributed by atoms with van der Waals surface area (Å²) in [6.07, 6.45) is -5.35. The van der Waals surface area contributed by atoms with Gasteiger partial charge in [-0.2, -0.15) is 13.2 Å². The zero-order valence-electron chi connectivity index (χ0n) is 14.8. The first-order valence-corrected chi connectivity index (χ1v) is 8.50. The number of thiazole rings is 1. The van der Waals surface area contributed by atoms with Gasteiger partial charge in [0.2, 0.25) is 0 Å². The molecule has 142 valence electrons. The van der Waals surface area contributed by atoms with Crippen LogP contribution in [0.5, 0.6) is 11.5 Å². The molecule has 0 bridgehead atoms. The Bertz CT molecular complexity index is 790. The zero-order chi connectivity index (χ0) is 19.5. The molecule has 0 aliphatic rings. The second-order valence-corrected chi connectivity index (χ2v) is 6.59. The number of aromatic nitrogens is 1. The predicted octanol–water partition coefficient (Wildman–Crippen LogP) is 4.16. The van der Waals surface area contributed by atoms with Crippen molar-refractivity contribution in [3.8, 4) is 22.1 Å². The van der Waals surface area contributed by atoms with Gasteiger partial charge >= 0.3 is 6.18 Å². The van der Waals surface area contributed by atoms with E-state index in [9.17, 15) is 18.0 Å². The molecule has 9 heteroatoms. The van der Waals surface area contributed by atoms with E-state index in [2.05, 4.69) is 4.98 Å². The standard InChI is InChI=1S/C17H19F3N2O3S/c1-10-14(16(23)22(2)8-7-17(18,19)20)26-15(21-10)11-5-6-12(24-3)13(9-11)25-4/h5-6,9H,7-8H2,1-4H3. The Kier molecular flexibility index (Phi) is 6.12. The van der Waals surface area contributed by atoms with E-state index in [1.54, 1.807) is 25.1 Å². The Morgan fingerprint density at radius 2 is 1.88 bits per heavy atom. The Balaban J connectivity index is 2.24. The molecule has 0 radical (unpaired) electrons. The minimum Gasteiger partial charge on any atom is -0.493 e. The van der Waals surface area contributed by atoms with Crippen LogP contribution in [0.25, 0.3) is 10.6 Å². The number of carbonyl (C=O) groups excluding carboxylic acids is 1. The smallest absolute Gasteiger partial charge is 0.390 e. The number of amides is 1. The molecule has 1 amide bonds. The van der Waals surface area contributed by atoms with Crippen LogP contribution in [0.1, 0.15) is 21.8 Å². The fraction of sp³-hybridized carbons (Fsp3) is 0.412. The number of methoxy groups -OCH3 is 2. The predicted molar refractivity (Wildman–Crippen MR) is 93.0 cm³/mol. The van der Waals surface area contributed by atoms with Gasteiger partial charge in [-0.05, 0) is 25.1 Å². The van der Waals surface area contributed by atoms with Gasteiger partial charge in [0.15, 0.2) is 11.5 Å². The maximum atomic E-state index is 12.4. The fourth-order valence-corrected chi connectivity index (χ4v) is 3.31. The van der Waals surface area contributed by atoms with E-state index in [4.69, 9.17) is 9.47 Å². The summed E-state index contributed by atoms with van der Waals surface area (Å²) in [6.45, 7) is 1.26. The van der Waals surface area contributed by atoms with E-state index in [-0.39, 0.29) is 0 Å². The Labute approximate surface area is 153 Å². The molecular formula is C17H19F3N2O3S. The molecule has 0 fully saturated rings. The van der Waals surface area contributed by atoms with Gasteiger partial charge in [-0.1, -0.05) is 0 Å². The highest BCUT2D eigenvalue weighted by Gasteiger charge is 2.29. The van der Waals surface area contributed by atoms with Gasteiger partial charge in [0, 0.05) is 19.2 Å². The number of rotatable bonds is 6. The molecule has 0 spiro atoms. The van der Waals surface area contributed by atoms with Crippen molar-refractivity contribution in [2.45, 2.75) is 19.5 Å². The first-order chi connectivity index (χ1) is 12.2. The van der Waals surface area contributed by atoms with Crippen molar-refractivity contribution in [3.05, 3.63) is 28.8 Å². The number of alkyl halides is 3. The van der Waals surface area contributed by atoms with E-state index in [0.717, 1.165) is 21.8 Å². The van der Waals surface area contributed by atoms with E-state index in [1.807, 2.05) is 0 Å². The lowest BCUT2D eigenvalue weighted by Gasteiger charge is -2.17. The highest BCUT2D eigenvalue weighted by atomic mass is 32.1. The van der Waals surface area contributed by atoms with Crippen LogP contribution >= 0.6 is 11.3 Å². The van der Waals surface area contributed by atoms with E-state index in [0.29, 0.717) is 27.1 Å². The van der Waals surface area contributed by atoms with Crippen LogP contribution in [0.15, 0.2) is 18.2 Å². The van der Waals surface area contributed by atoms with Crippen molar-refractivity contribution in [1.82, 2.24) is 9.88 Å². The van der Waals surface area contributed by atoms with Crippen LogP contribution in [0.2, 0.25) is 0 Å². The molecule has 26 heavy (non-hydrogen) atoms. The summed E-state index contributed by atoms with van der Waals surface area (Å²) in [6, 6.07) is 5.24. The molecule has 1 aromatic carbocycles. The molecule has 1 aromatic heterocycles. The van der Waals surface area contributed by atoms with Gasteiger partial charge in [0.05, 0.1) is 26.3 Å². The second-order valence-electron chi connectivity index (χ2n) is 5.60. The van der Waals surface area contributed by atoms with Gasteiger partial charge in [-0.15, -0.1) is 11.3 Å². The molecule has 0 unspecified atom stereocenters. The Morgan fingerprint density at radius 3 is 2.46 bits per heavy atom. The molecular weight excluding hydrogens is 369 g/mol. The lowest BCUT2D eigenvalue weighted by atomic mass is 10.2. The van der Waals surface area contributed by atoms with Crippen molar-refractivity contribution in [3.63, 3.8) is 0 Å². The fourth-order valence-electron chi connectivity index (χ4n) is 2.26. The van der Waals surface area contributed by atoms with Crippen molar-refractivity contribution in [1.29, 1.82) is 0 Å². The average Bonchev–Trinajstić information content (AvgIpc) is 2.99. The SMILES string of the molecule is COc1ccc(-c2nc(C)c(C(=O)N(C)CCC(F)(F)F)s2)cc1OC. The van der Waals surface area contributed by atoms with Crippen LogP contribution in [-0.2, 0) is 0 Å². The molecule has 5 nitrogen and oxygen atoms in total. The third-order valence-electron chi connectivity index (χ3n) is 3.70. The normalized spacial score (nSPS) is 11.3. The quantitative estimate of drug-likeness (QED) is 0.746. The van der Waals surface area contributed by atoms with Gasteiger partial charge in [-0.3, -0.25) is 4.79 Å². The highest BCUT2D eigenvalue weighted by Crippen LogP contribution is 2.35. The van der Waals surface area contributed by atoms with Crippen molar-refractivity contribution in [2.24, 2.45) is 0 Å². The van der Waals surface area contributed by atoms with Gasteiger partial charge < -0.3 is 14.4 Å². The maximum Gasteiger partial charge on any atom is 0.390 e. The number of halogens is 3. The number of ether oxygens (including phenoxy) is 2. The summed E-state index contributed by atoms with van der Waals surface area (Å²) in [7, 11) is 4.39. The van der Waals surface area contributed by atoms with Gasteiger partial charge in [-0.25, -0.2) is 4.98 Å². The summed E-state index contributed by atoms with van der Waals surface area (Å²) in [5.74, 6) is 0.608. The minimum atomic E-state index is -4.30. The molecule has 2 aromatic rings. The summed E-state index contributed by atoms with van der Waals surface area (Å²) >= 11 is 1.14. The molecule has 2 rings (SSSR count). The topological polar surface area (TPSA) is 51.7 Å². The first-order valence-electron chi connectivity index (χ1n) is 7.68. The van der Waals surface area contributed by atoms with Crippen LogP contribution < -0.4 is 9.47 Å². The van der Waals surface area contributed by atoms with Crippen molar-refractivity contribution in [2.75, 3.05) is 27.8 Å². The lowest BCUT2D eigenvalue weighted by molar-refractivity contribution is -0.136. The van der Waals surface area contributed by atoms with Crippen LogP contribution in [0, 0.1) is 6.92 Å². The van der Waals surface area contributed by atoms with Gasteiger partial charge in [0.1, 0.15) is 9.88 Å². The monoisotopic (exact) mass is 388 g/mol. The Morgan fingerprint density at radius 1 is 1.23 bits per heavy atom. The average molecular weight is 388 g/mol. The molecule has 0 saturated heterocycles. The molecule has 0 saturated carbocycles. The first kappa shape index (κ1) is 20.0. The van der Waals surface area contributed by atoms with Crippen molar-refractivity contribution < 1.29 is 27.4 Å². The van der Waals surface area contributed by atoms with Crippen molar-refractivity contribution >= 4 is 17.2 Å². The number of aryl methyl sites for hydroxylation is 1. The summed E-state index contributed by atoms with van der Waals surface area (Å²) in [5.41, 5.74) is 1.20. The Hall–Kier alpha value is -2.29. The van der Waals surface area contributed by atoms with Gasteiger partial charge in [0.25, 0.3) is 5.91 Å². The molecule has 0 aliphatic heterocycles. The zero-order valence-corrected chi connectivity index (χ0v) is 15.6. The summed E-state index contributed by atoms with van der Waals surface area (Å²) in [4.78, 5) is 18.2. The maximum absolute atomic E-state index is 12.4. The lowest BCUT2D eigenvalue weighted by Crippen LogP contribution is -2.30. The van der Waals surface area contributed by atoms with Crippen LogP contribution in [-0.4, -0.2) is 49.8 Å². The molecule has 0 atom stereocenters. The number of carbonyl (C=O) groups is 1. The third kappa shape index (κ3) is 4.66. The van der Waals surface area contributed by atoms with Crippen LogP contribution in [0.4, 0.5) is 13.2 Å². The number of nitrogens with zero attached hydrogens (tertiary/aromatic N) is 2. The molecule has 0 aliphatic carbocycles. The summed E-state index contributed by atoms with van der Waals surface area (Å²) in [5, 5.41) is 0.580. The molecule has 0 N–H and O–H groups in total. The summed E-state index contributed by atoms with van der Waals surface area (Å²) < 4.78 is 47.5. The number of hydrogen-bond acceptors (Lipinski definition) is 5. The minimum absolute atomic E-state index is 0.319. The second kappa shape index (κ2) is 7.94. The largest absolute Gasteiger partial charge is 0.493 e. The molecule has 1 heterocycles. The van der Waals surface area contributed by atoms with E-state index in [1.165, 1.54) is 21.3 Å². The van der Waals surface area contributed by atoms with E-state index >= 15 is 0 Å². The third-order valence-corrected chi connectivity index (χ3v) is 4.89. The highest BCUT2D eigenvalue weighted by molar-refractivity contribution is 7.17. The number of benzene rings is 1. The van der Waals surface area contributed by atoms with E-state index < -0.39 is 25.0 Å². The van der Waals surface area contributed by atoms with Crippen LogP contribution in [0.3, 0.4) is 0 Å².